The lowest BCUT2D eigenvalue weighted by Crippen LogP contribution is -2.32. The number of carbonyl (C=O) groups excluding carboxylic acids is 1. The zero-order valence-corrected chi connectivity index (χ0v) is 16.1. The van der Waals surface area contributed by atoms with Gasteiger partial charge in [0, 0.05) is 37.2 Å². The molecule has 30 heavy (non-hydrogen) atoms. The predicted octanol–water partition coefficient (Wildman–Crippen LogP) is 1.21. The van der Waals surface area contributed by atoms with E-state index in [4.69, 9.17) is 11.7 Å². The van der Waals surface area contributed by atoms with E-state index < -0.39 is 12.3 Å². The van der Waals surface area contributed by atoms with Gasteiger partial charge in [0.2, 0.25) is 12.3 Å². The molecule has 3 aromatic heterocycles. The topological polar surface area (TPSA) is 136 Å². The van der Waals surface area contributed by atoms with Crippen LogP contribution in [0.5, 0.6) is 0 Å². The van der Waals surface area contributed by atoms with Gasteiger partial charge in [-0.3, -0.25) is 14.3 Å². The molecule has 0 radical (unpaired) electrons. The van der Waals surface area contributed by atoms with E-state index in [0.29, 0.717) is 17.8 Å². The second-order valence-corrected chi connectivity index (χ2v) is 6.64. The summed E-state index contributed by atoms with van der Waals surface area (Å²) in [6.45, 7) is -0.0522. The Balaban J connectivity index is 1.74. The highest BCUT2D eigenvalue weighted by molar-refractivity contribution is 5.96. The summed E-state index contributed by atoms with van der Waals surface area (Å²) in [4.78, 5) is 18.9. The van der Waals surface area contributed by atoms with E-state index in [-0.39, 0.29) is 25.2 Å². The SMILES string of the molecule is N/N=C(\NN)c1ccc(-n2ccc3cc(CCC(F)(F)CCNC=O)cnc32)cn1. The van der Waals surface area contributed by atoms with Crippen LogP contribution in [0.3, 0.4) is 0 Å². The number of fused-ring (bicyclic) bond motifs is 1. The van der Waals surface area contributed by atoms with Gasteiger partial charge in [-0.1, -0.05) is 0 Å². The maximum atomic E-state index is 13.9. The number of aryl methyl sites for hydroxylation is 1. The van der Waals surface area contributed by atoms with Crippen LogP contribution < -0.4 is 22.4 Å². The highest BCUT2D eigenvalue weighted by Gasteiger charge is 2.27. The van der Waals surface area contributed by atoms with Gasteiger partial charge in [-0.05, 0) is 36.2 Å². The molecule has 0 fully saturated rings. The minimum absolute atomic E-state index is 0.0522. The van der Waals surface area contributed by atoms with E-state index in [1.54, 1.807) is 18.5 Å². The molecule has 3 heterocycles. The Morgan fingerprint density at radius 3 is 2.73 bits per heavy atom. The monoisotopic (exact) mass is 416 g/mol. The minimum atomic E-state index is -2.85. The Morgan fingerprint density at radius 2 is 2.07 bits per heavy atom. The van der Waals surface area contributed by atoms with Crippen LogP contribution in [0.15, 0.2) is 48.0 Å². The Kier molecular flexibility index (Phi) is 6.52. The first-order valence-electron chi connectivity index (χ1n) is 9.19. The van der Waals surface area contributed by atoms with Gasteiger partial charge in [0.25, 0.3) is 0 Å². The molecule has 158 valence electrons. The number of nitrogens with two attached hydrogens (primary N) is 2. The van der Waals surface area contributed by atoms with E-state index in [9.17, 15) is 13.6 Å². The molecule has 3 rings (SSSR count). The first-order valence-corrected chi connectivity index (χ1v) is 9.19. The predicted molar refractivity (Wildman–Crippen MR) is 109 cm³/mol. The Labute approximate surface area is 171 Å². The lowest BCUT2D eigenvalue weighted by Gasteiger charge is -2.15. The van der Waals surface area contributed by atoms with Gasteiger partial charge < -0.3 is 16.6 Å². The molecular weight excluding hydrogens is 394 g/mol. The number of nitrogens with zero attached hydrogens (tertiary/aromatic N) is 4. The van der Waals surface area contributed by atoms with Crippen LogP contribution in [0, 0.1) is 0 Å². The molecular formula is C19H22F2N8O. The lowest BCUT2D eigenvalue weighted by molar-refractivity contribution is -0.109. The first kappa shape index (κ1) is 21.1. The zero-order chi connectivity index (χ0) is 21.6. The van der Waals surface area contributed by atoms with Gasteiger partial charge >= 0.3 is 0 Å². The van der Waals surface area contributed by atoms with Crippen LogP contribution >= 0.6 is 0 Å². The van der Waals surface area contributed by atoms with E-state index in [0.717, 1.165) is 16.6 Å². The maximum Gasteiger partial charge on any atom is 0.250 e. The molecule has 0 saturated heterocycles. The van der Waals surface area contributed by atoms with Crippen LogP contribution in [0.1, 0.15) is 24.1 Å². The summed E-state index contributed by atoms with van der Waals surface area (Å²) < 4.78 is 29.6. The number of nitrogens with one attached hydrogen (secondary N) is 2. The number of halogens is 2. The van der Waals surface area contributed by atoms with Crippen LogP contribution in [0.2, 0.25) is 0 Å². The molecule has 6 N–H and O–H groups in total. The second kappa shape index (κ2) is 9.27. The Bertz CT molecular complexity index is 1030. The minimum Gasteiger partial charge on any atom is -0.358 e. The number of amidine groups is 1. The summed E-state index contributed by atoms with van der Waals surface area (Å²) >= 11 is 0. The molecule has 0 aromatic carbocycles. The molecule has 0 bridgehead atoms. The molecule has 0 saturated carbocycles. The Morgan fingerprint density at radius 1 is 1.23 bits per heavy atom. The summed E-state index contributed by atoms with van der Waals surface area (Å²) in [6.07, 6.45) is 4.95. The molecule has 0 aliphatic rings. The van der Waals surface area contributed by atoms with Crippen molar-refractivity contribution in [3.8, 4) is 5.69 Å². The Hall–Kier alpha value is -3.60. The molecule has 1 amide bonds. The fourth-order valence-corrected chi connectivity index (χ4v) is 3.03. The third kappa shape index (κ3) is 4.87. The quantitative estimate of drug-likeness (QED) is 0.103. The number of hydrazone groups is 1. The highest BCUT2D eigenvalue weighted by atomic mass is 19.3. The van der Waals surface area contributed by atoms with E-state index in [2.05, 4.69) is 25.8 Å². The van der Waals surface area contributed by atoms with Crippen LogP contribution in [0.25, 0.3) is 16.7 Å². The van der Waals surface area contributed by atoms with Crippen molar-refractivity contribution in [2.75, 3.05) is 6.54 Å². The molecule has 0 unspecified atom stereocenters. The molecule has 11 heteroatoms. The van der Waals surface area contributed by atoms with Gasteiger partial charge in [-0.15, -0.1) is 0 Å². The third-order valence-electron chi connectivity index (χ3n) is 4.62. The standard InChI is InChI=1S/C19H22F2N8O/c20-19(21,6-7-24-12-30)5-3-13-9-14-4-8-29(18(14)26-10-13)15-1-2-16(25-11-15)17(27-22)28-23/h1-2,4,8-12H,3,5-7,22-23H2,(H,24,30)(H,27,28). The number of alkyl halides is 2. The van der Waals surface area contributed by atoms with Crippen LogP contribution in [-0.4, -0.2) is 39.2 Å². The van der Waals surface area contributed by atoms with E-state index in [1.165, 1.54) is 0 Å². The van der Waals surface area contributed by atoms with E-state index >= 15 is 0 Å². The second-order valence-electron chi connectivity index (χ2n) is 6.64. The summed E-state index contributed by atoms with van der Waals surface area (Å²) in [7, 11) is 0. The number of pyridine rings is 2. The highest BCUT2D eigenvalue weighted by Crippen LogP contribution is 2.26. The number of hydrazine groups is 1. The molecule has 0 atom stereocenters. The van der Waals surface area contributed by atoms with Crippen molar-refractivity contribution in [2.45, 2.75) is 25.2 Å². The van der Waals surface area contributed by atoms with Crippen molar-refractivity contribution in [3.05, 3.63) is 54.1 Å². The smallest absolute Gasteiger partial charge is 0.250 e. The largest absolute Gasteiger partial charge is 0.358 e. The fraction of sp³-hybridized carbons (Fsp3) is 0.263. The maximum absolute atomic E-state index is 13.9. The molecule has 9 nitrogen and oxygen atoms in total. The fourth-order valence-electron chi connectivity index (χ4n) is 3.03. The van der Waals surface area contributed by atoms with Gasteiger partial charge in [0.1, 0.15) is 11.3 Å². The summed E-state index contributed by atoms with van der Waals surface area (Å²) in [5.74, 6) is 7.98. The molecule has 3 aromatic rings. The van der Waals surface area contributed by atoms with Gasteiger partial charge in [0.15, 0.2) is 5.84 Å². The number of amides is 1. The van der Waals surface area contributed by atoms with Crippen LogP contribution in [0.4, 0.5) is 8.78 Å². The van der Waals surface area contributed by atoms with Crippen LogP contribution in [-0.2, 0) is 11.2 Å². The molecule has 0 spiro atoms. The summed E-state index contributed by atoms with van der Waals surface area (Å²) in [5.41, 5.74) is 5.01. The van der Waals surface area contributed by atoms with E-state index in [1.807, 2.05) is 29.0 Å². The van der Waals surface area contributed by atoms with Crippen molar-refractivity contribution < 1.29 is 13.6 Å². The number of carbonyl (C=O) groups is 1. The number of aromatic nitrogens is 3. The molecule has 0 aliphatic heterocycles. The average molecular weight is 416 g/mol. The first-order chi connectivity index (χ1) is 14.5. The summed E-state index contributed by atoms with van der Waals surface area (Å²) in [6, 6.07) is 7.23. The zero-order valence-electron chi connectivity index (χ0n) is 16.1. The number of hydrogen-bond donors (Lipinski definition) is 4. The normalized spacial score (nSPS) is 12.2. The van der Waals surface area contributed by atoms with Crippen molar-refractivity contribution in [2.24, 2.45) is 16.8 Å². The number of rotatable bonds is 9. The van der Waals surface area contributed by atoms with Gasteiger partial charge in [-0.2, -0.15) is 5.10 Å². The van der Waals surface area contributed by atoms with Crippen molar-refractivity contribution in [3.63, 3.8) is 0 Å². The average Bonchev–Trinajstić information content (AvgIpc) is 3.17. The van der Waals surface area contributed by atoms with Gasteiger partial charge in [-0.25, -0.2) is 19.6 Å². The van der Waals surface area contributed by atoms with Gasteiger partial charge in [0.05, 0.1) is 11.9 Å². The molecule has 0 aliphatic carbocycles. The van der Waals surface area contributed by atoms with Crippen molar-refractivity contribution in [1.29, 1.82) is 0 Å². The lowest BCUT2D eigenvalue weighted by atomic mass is 10.0. The van der Waals surface area contributed by atoms with Crippen molar-refractivity contribution >= 4 is 23.3 Å². The van der Waals surface area contributed by atoms with Crippen molar-refractivity contribution in [1.82, 2.24) is 25.3 Å². The third-order valence-corrected chi connectivity index (χ3v) is 4.62. The number of hydrogen-bond acceptors (Lipinski definition) is 6. The summed E-state index contributed by atoms with van der Waals surface area (Å²) in [5, 5.41) is 6.60.